The highest BCUT2D eigenvalue weighted by atomic mass is 35.5. The normalized spacial score (nSPS) is 11.3. The van der Waals surface area contributed by atoms with Crippen molar-refractivity contribution in [1.29, 1.82) is 0 Å². The van der Waals surface area contributed by atoms with Crippen molar-refractivity contribution in [1.82, 2.24) is 0 Å². The van der Waals surface area contributed by atoms with E-state index in [4.69, 9.17) is 15.3 Å². The van der Waals surface area contributed by atoms with Crippen molar-refractivity contribution in [3.8, 4) is 0 Å². The van der Waals surface area contributed by atoms with E-state index in [0.29, 0.717) is 13.2 Å². The van der Waals surface area contributed by atoms with Crippen molar-refractivity contribution < 1.29 is 46.6 Å². The van der Waals surface area contributed by atoms with Crippen LogP contribution in [0.5, 0.6) is 0 Å². The lowest BCUT2D eigenvalue weighted by atomic mass is 10.4. The van der Waals surface area contributed by atoms with Gasteiger partial charge in [0.25, 0.3) is 0 Å². The predicted octanol–water partition coefficient (Wildman–Crippen LogP) is -3.51. The monoisotopic (exact) mass is 372 g/mol. The number of nitrogens with zero attached hydrogens (tertiary/aromatic N) is 2. The van der Waals surface area contributed by atoms with Gasteiger partial charge in [0.1, 0.15) is 0 Å². The van der Waals surface area contributed by atoms with Crippen molar-refractivity contribution in [2.75, 3.05) is 68.6 Å². The van der Waals surface area contributed by atoms with E-state index in [1.807, 2.05) is 0 Å². The van der Waals surface area contributed by atoms with Gasteiger partial charge in [-0.25, -0.2) is 4.79 Å². The zero-order valence-corrected chi connectivity index (χ0v) is 17.0. The SMILES string of the molecule is CC=C([O-])C(=O)O.C[N+](C)(C)CCCO.C[N+](C)(C)CCCO.[Cl-]. The van der Waals surface area contributed by atoms with Gasteiger partial charge in [0, 0.05) is 26.1 Å². The molecule has 0 heterocycles. The zero-order chi connectivity index (χ0) is 19.1. The van der Waals surface area contributed by atoms with Crippen LogP contribution in [0.15, 0.2) is 11.8 Å². The molecule has 3 N–H and O–H groups in total. The maximum atomic E-state index is 9.86. The lowest BCUT2D eigenvalue weighted by molar-refractivity contribution is -0.870. The molecule has 8 heteroatoms. The first-order valence-electron chi connectivity index (χ1n) is 7.70. The molecule has 0 atom stereocenters. The van der Waals surface area contributed by atoms with Crippen LogP contribution in [0.2, 0.25) is 0 Å². The molecule has 0 aliphatic carbocycles. The van der Waals surface area contributed by atoms with Crippen molar-refractivity contribution >= 4 is 5.97 Å². The molecule has 0 aromatic heterocycles. The molecule has 0 aliphatic rings. The van der Waals surface area contributed by atoms with Crippen molar-refractivity contribution in [3.05, 3.63) is 11.8 Å². The third kappa shape index (κ3) is 37.4. The molecular formula is C16H37ClN2O5. The molecule has 0 radical (unpaired) electrons. The second-order valence-corrected chi connectivity index (χ2v) is 7.14. The van der Waals surface area contributed by atoms with Crippen LogP contribution in [0.3, 0.4) is 0 Å². The number of carbonyl (C=O) groups is 1. The third-order valence-corrected chi connectivity index (χ3v) is 2.45. The molecule has 0 aromatic rings. The standard InChI is InChI=1S/2C6H16NO.C4H6O3.ClH/c2*1-7(2,3)5-4-6-8;1-2-3(5)4(6)7;/h2*8H,4-6H2,1-3H3;2,5H,1H3,(H,6,7);1H/q2*+1;;/p-2. The van der Waals surface area contributed by atoms with Gasteiger partial charge in [-0.1, -0.05) is 6.08 Å². The minimum Gasteiger partial charge on any atom is -1.00 e. The highest BCUT2D eigenvalue weighted by Gasteiger charge is 2.04. The molecule has 0 saturated heterocycles. The molecule has 7 nitrogen and oxygen atoms in total. The Kier molecular flexibility index (Phi) is 21.9. The van der Waals surface area contributed by atoms with E-state index in [2.05, 4.69) is 42.3 Å². The maximum absolute atomic E-state index is 9.86. The van der Waals surface area contributed by atoms with Crippen LogP contribution in [0.4, 0.5) is 0 Å². The fraction of sp³-hybridized carbons (Fsp3) is 0.812. The van der Waals surface area contributed by atoms with E-state index < -0.39 is 11.7 Å². The summed E-state index contributed by atoms with van der Waals surface area (Å²) in [7, 11) is 12.7. The summed E-state index contributed by atoms with van der Waals surface area (Å²) in [5.74, 6) is -2.26. The second kappa shape index (κ2) is 17.0. The molecule has 0 rings (SSSR count). The van der Waals surface area contributed by atoms with Crippen molar-refractivity contribution in [2.24, 2.45) is 0 Å². The van der Waals surface area contributed by atoms with Crippen LogP contribution < -0.4 is 17.5 Å². The number of allylic oxidation sites excluding steroid dienone is 1. The van der Waals surface area contributed by atoms with Gasteiger partial charge in [-0.3, -0.25) is 0 Å². The summed E-state index contributed by atoms with van der Waals surface area (Å²) >= 11 is 0. The Labute approximate surface area is 153 Å². The highest BCUT2D eigenvalue weighted by molar-refractivity contribution is 5.82. The topological polar surface area (TPSA) is 101 Å². The predicted molar refractivity (Wildman–Crippen MR) is 90.6 cm³/mol. The number of aliphatic carboxylic acids is 1. The molecule has 148 valence electrons. The van der Waals surface area contributed by atoms with Crippen LogP contribution in [-0.2, 0) is 4.79 Å². The average molecular weight is 373 g/mol. The molecule has 0 aliphatic heterocycles. The van der Waals surface area contributed by atoms with E-state index in [0.717, 1.165) is 41.0 Å². The Hall–Kier alpha value is -0.860. The number of carboxylic acids is 1. The molecule has 0 saturated carbocycles. The Morgan fingerprint density at radius 3 is 1.25 bits per heavy atom. The van der Waals surface area contributed by atoms with Crippen LogP contribution in [0.1, 0.15) is 19.8 Å². The van der Waals surface area contributed by atoms with Gasteiger partial charge in [-0.15, -0.1) is 0 Å². The highest BCUT2D eigenvalue weighted by Crippen LogP contribution is 1.91. The summed E-state index contributed by atoms with van der Waals surface area (Å²) in [6.45, 7) is 4.12. The molecule has 0 amide bonds. The number of aliphatic hydroxyl groups excluding tert-OH is 2. The third-order valence-electron chi connectivity index (χ3n) is 2.45. The minimum absolute atomic E-state index is 0. The minimum atomic E-state index is -1.40. The fourth-order valence-electron chi connectivity index (χ4n) is 1.21. The number of hydrogen-bond donors (Lipinski definition) is 3. The zero-order valence-electron chi connectivity index (χ0n) is 16.3. The van der Waals surface area contributed by atoms with E-state index >= 15 is 0 Å². The smallest absolute Gasteiger partial charge is 0.320 e. The Morgan fingerprint density at radius 1 is 0.917 bits per heavy atom. The quantitative estimate of drug-likeness (QED) is 0.244. The Balaban J connectivity index is -0.000000123. The molecule has 0 aromatic carbocycles. The van der Waals surface area contributed by atoms with Crippen molar-refractivity contribution in [3.63, 3.8) is 0 Å². The fourth-order valence-corrected chi connectivity index (χ4v) is 1.21. The van der Waals surface area contributed by atoms with Crippen LogP contribution >= 0.6 is 0 Å². The molecule has 0 bridgehead atoms. The first-order valence-corrected chi connectivity index (χ1v) is 7.70. The molecule has 0 spiro atoms. The lowest BCUT2D eigenvalue weighted by Crippen LogP contribution is -3.00. The first-order chi connectivity index (χ1) is 10.3. The number of quaternary nitrogens is 2. The van der Waals surface area contributed by atoms with E-state index in [1.54, 1.807) is 0 Å². The summed E-state index contributed by atoms with van der Waals surface area (Å²) in [6.07, 6.45) is 2.81. The van der Waals surface area contributed by atoms with Gasteiger partial charge < -0.3 is 41.8 Å². The summed E-state index contributed by atoms with van der Waals surface area (Å²) in [5.41, 5.74) is 0. The summed E-state index contributed by atoms with van der Waals surface area (Å²) in [5, 5.41) is 34.5. The van der Waals surface area contributed by atoms with Crippen molar-refractivity contribution in [2.45, 2.75) is 19.8 Å². The van der Waals surface area contributed by atoms with Gasteiger partial charge in [0.15, 0.2) is 0 Å². The number of aliphatic hydroxyl groups is 2. The van der Waals surface area contributed by atoms with Crippen LogP contribution in [0.25, 0.3) is 0 Å². The van der Waals surface area contributed by atoms with Gasteiger partial charge >= 0.3 is 5.97 Å². The van der Waals surface area contributed by atoms with E-state index in [1.165, 1.54) is 6.92 Å². The lowest BCUT2D eigenvalue weighted by Gasteiger charge is -2.22. The van der Waals surface area contributed by atoms with Gasteiger partial charge in [0.2, 0.25) is 0 Å². The number of halogens is 1. The van der Waals surface area contributed by atoms with E-state index in [-0.39, 0.29) is 12.4 Å². The van der Waals surface area contributed by atoms with E-state index in [9.17, 15) is 9.90 Å². The summed E-state index contributed by atoms with van der Waals surface area (Å²) in [6, 6.07) is 0. The summed E-state index contributed by atoms with van der Waals surface area (Å²) in [4.78, 5) is 9.55. The largest absolute Gasteiger partial charge is 1.00 e. The molecular weight excluding hydrogens is 336 g/mol. The number of hydrogen-bond acceptors (Lipinski definition) is 4. The number of carboxylic acid groups (broad SMARTS) is 1. The average Bonchev–Trinajstić information content (AvgIpc) is 2.41. The number of rotatable bonds is 7. The maximum Gasteiger partial charge on any atom is 0.320 e. The Bertz CT molecular complexity index is 305. The molecule has 0 fully saturated rings. The van der Waals surface area contributed by atoms with Gasteiger partial charge in [-0.2, -0.15) is 0 Å². The first kappa shape index (κ1) is 31.0. The summed E-state index contributed by atoms with van der Waals surface area (Å²) < 4.78 is 1.89. The van der Waals surface area contributed by atoms with Crippen LogP contribution in [-0.4, -0.2) is 98.8 Å². The van der Waals surface area contributed by atoms with Gasteiger partial charge in [-0.05, 0) is 12.7 Å². The Morgan fingerprint density at radius 2 is 1.21 bits per heavy atom. The molecule has 24 heavy (non-hydrogen) atoms. The molecule has 0 unspecified atom stereocenters. The second-order valence-electron chi connectivity index (χ2n) is 7.14. The van der Waals surface area contributed by atoms with Crippen LogP contribution in [0, 0.1) is 0 Å². The van der Waals surface area contributed by atoms with Gasteiger partial charge in [0.05, 0.1) is 55.4 Å².